The van der Waals surface area contributed by atoms with Crippen LogP contribution < -0.4 is 10.6 Å². The second-order valence-corrected chi connectivity index (χ2v) is 8.41. The fraction of sp³-hybridized carbons (Fsp3) is 0.292. The number of amides is 2. The highest BCUT2D eigenvalue weighted by Crippen LogP contribution is 2.27. The lowest BCUT2D eigenvalue weighted by Crippen LogP contribution is -2.32. The average molecular weight is 456 g/mol. The molecule has 9 heteroatoms. The Morgan fingerprint density at radius 1 is 1.09 bits per heavy atom. The van der Waals surface area contributed by atoms with Crippen molar-refractivity contribution in [1.29, 1.82) is 0 Å². The number of halogens is 2. The van der Waals surface area contributed by atoms with Crippen molar-refractivity contribution in [3.63, 3.8) is 0 Å². The molecule has 0 aliphatic carbocycles. The van der Waals surface area contributed by atoms with Gasteiger partial charge in [-0.1, -0.05) is 44.2 Å². The number of H-pyrrole nitrogens is 1. The topological polar surface area (TPSA) is 107 Å². The Kier molecular flexibility index (Phi) is 7.55. The second-order valence-electron chi connectivity index (χ2n) is 8.41. The summed E-state index contributed by atoms with van der Waals surface area (Å²) in [5.74, 6) is -2.61. The third-order valence-corrected chi connectivity index (χ3v) is 5.13. The number of aliphatic hydroxyl groups is 1. The molecule has 0 unspecified atom stereocenters. The van der Waals surface area contributed by atoms with Crippen molar-refractivity contribution in [2.24, 2.45) is 0 Å². The van der Waals surface area contributed by atoms with Gasteiger partial charge in [-0.2, -0.15) is 5.10 Å². The minimum absolute atomic E-state index is 0.0694. The van der Waals surface area contributed by atoms with Crippen LogP contribution in [-0.4, -0.2) is 33.7 Å². The molecule has 2 amide bonds. The van der Waals surface area contributed by atoms with Gasteiger partial charge in [-0.15, -0.1) is 0 Å². The van der Waals surface area contributed by atoms with Gasteiger partial charge in [-0.25, -0.2) is 8.78 Å². The fourth-order valence-electron chi connectivity index (χ4n) is 3.42. The Morgan fingerprint density at radius 2 is 1.76 bits per heavy atom. The number of aliphatic hydroxyl groups excluding tert-OH is 1. The van der Waals surface area contributed by atoms with Crippen molar-refractivity contribution >= 4 is 17.6 Å². The van der Waals surface area contributed by atoms with Crippen LogP contribution >= 0.6 is 0 Å². The van der Waals surface area contributed by atoms with Gasteiger partial charge in [0.1, 0.15) is 17.5 Å². The summed E-state index contributed by atoms with van der Waals surface area (Å²) in [5.41, 5.74) is 1.49. The highest BCUT2D eigenvalue weighted by atomic mass is 19.1. The molecule has 1 aromatic heterocycles. The van der Waals surface area contributed by atoms with E-state index in [9.17, 15) is 23.5 Å². The SMILES string of the molecule is CC(C)(Cc1ccccc1)c1cc(NC(=O)CCNC(=O)[C@@H](O)c2cc(F)cc(F)c2)[nH]n1. The molecule has 0 bridgehead atoms. The van der Waals surface area contributed by atoms with E-state index in [0.717, 1.165) is 24.2 Å². The van der Waals surface area contributed by atoms with Gasteiger partial charge in [-0.3, -0.25) is 14.7 Å². The molecule has 174 valence electrons. The molecule has 0 spiro atoms. The second kappa shape index (κ2) is 10.4. The van der Waals surface area contributed by atoms with E-state index in [1.807, 2.05) is 30.3 Å². The number of aromatic amines is 1. The summed E-state index contributed by atoms with van der Waals surface area (Å²) >= 11 is 0. The van der Waals surface area contributed by atoms with Crippen LogP contribution in [-0.2, 0) is 21.4 Å². The minimum Gasteiger partial charge on any atom is -0.378 e. The molecule has 0 radical (unpaired) electrons. The fourth-order valence-corrected chi connectivity index (χ4v) is 3.42. The third kappa shape index (κ3) is 6.69. The van der Waals surface area contributed by atoms with Crippen molar-refractivity contribution in [2.45, 2.75) is 38.2 Å². The largest absolute Gasteiger partial charge is 0.378 e. The zero-order valence-corrected chi connectivity index (χ0v) is 18.4. The Balaban J connectivity index is 1.48. The predicted octanol–water partition coefficient (Wildman–Crippen LogP) is 3.39. The first-order valence-electron chi connectivity index (χ1n) is 10.5. The highest BCUT2D eigenvalue weighted by molar-refractivity contribution is 5.90. The third-order valence-electron chi connectivity index (χ3n) is 5.13. The average Bonchev–Trinajstić information content (AvgIpc) is 3.22. The molecule has 3 aromatic rings. The van der Waals surface area contributed by atoms with E-state index < -0.39 is 23.6 Å². The van der Waals surface area contributed by atoms with Crippen LogP contribution in [0.15, 0.2) is 54.6 Å². The van der Waals surface area contributed by atoms with Crippen molar-refractivity contribution in [3.8, 4) is 0 Å². The van der Waals surface area contributed by atoms with Crippen molar-refractivity contribution < 1.29 is 23.5 Å². The lowest BCUT2D eigenvalue weighted by Gasteiger charge is -2.22. The van der Waals surface area contributed by atoms with E-state index in [1.165, 1.54) is 5.56 Å². The van der Waals surface area contributed by atoms with E-state index in [-0.39, 0.29) is 29.9 Å². The van der Waals surface area contributed by atoms with E-state index in [2.05, 4.69) is 34.7 Å². The van der Waals surface area contributed by atoms with Gasteiger partial charge in [0.05, 0.1) is 5.69 Å². The molecular weight excluding hydrogens is 430 g/mol. The zero-order chi connectivity index (χ0) is 24.0. The number of benzene rings is 2. The van der Waals surface area contributed by atoms with Gasteiger partial charge in [0, 0.05) is 30.5 Å². The lowest BCUT2D eigenvalue weighted by molar-refractivity contribution is -0.129. The number of anilines is 1. The van der Waals surface area contributed by atoms with Crippen LogP contribution in [0.2, 0.25) is 0 Å². The van der Waals surface area contributed by atoms with Gasteiger partial charge in [0.15, 0.2) is 6.10 Å². The first-order valence-corrected chi connectivity index (χ1v) is 10.5. The minimum atomic E-state index is -1.75. The summed E-state index contributed by atoms with van der Waals surface area (Å²) in [6.07, 6.45) is -1.05. The maximum atomic E-state index is 13.3. The van der Waals surface area contributed by atoms with Gasteiger partial charge in [0.2, 0.25) is 5.91 Å². The van der Waals surface area contributed by atoms with Crippen LogP contribution in [0.1, 0.15) is 43.2 Å². The molecule has 1 atom stereocenters. The van der Waals surface area contributed by atoms with Crippen LogP contribution in [0, 0.1) is 11.6 Å². The predicted molar refractivity (Wildman–Crippen MR) is 119 cm³/mol. The lowest BCUT2D eigenvalue weighted by atomic mass is 9.83. The number of carbonyl (C=O) groups is 2. The number of aromatic nitrogens is 2. The summed E-state index contributed by atoms with van der Waals surface area (Å²) in [7, 11) is 0. The molecule has 3 rings (SSSR count). The molecule has 0 fully saturated rings. The molecule has 0 aliphatic heterocycles. The summed E-state index contributed by atoms with van der Waals surface area (Å²) in [4.78, 5) is 24.2. The smallest absolute Gasteiger partial charge is 0.253 e. The summed E-state index contributed by atoms with van der Waals surface area (Å²) < 4.78 is 26.5. The van der Waals surface area contributed by atoms with Crippen molar-refractivity contribution in [3.05, 3.63) is 83.1 Å². The number of nitrogens with one attached hydrogen (secondary N) is 3. The zero-order valence-electron chi connectivity index (χ0n) is 18.4. The molecule has 0 saturated carbocycles. The number of carbonyl (C=O) groups excluding carboxylic acids is 2. The first-order chi connectivity index (χ1) is 15.6. The molecular formula is C24H26F2N4O3. The van der Waals surface area contributed by atoms with E-state index in [0.29, 0.717) is 11.9 Å². The number of hydrogen-bond acceptors (Lipinski definition) is 4. The summed E-state index contributed by atoms with van der Waals surface area (Å²) in [6.45, 7) is 4.06. The molecule has 1 heterocycles. The number of nitrogens with zero attached hydrogens (tertiary/aromatic N) is 1. The molecule has 33 heavy (non-hydrogen) atoms. The van der Waals surface area contributed by atoms with Gasteiger partial charge in [0.25, 0.3) is 5.91 Å². The van der Waals surface area contributed by atoms with Gasteiger partial charge < -0.3 is 15.7 Å². The standard InChI is InChI=1S/C24H26F2N4O3/c1-24(2,14-15-6-4-3-5-7-15)19-13-20(30-29-19)28-21(31)8-9-27-23(33)22(32)16-10-17(25)12-18(26)11-16/h3-7,10-13,22,32H,8-9,14H2,1-2H3,(H,27,33)(H2,28,29,30,31)/t22-/m0/s1. The van der Waals surface area contributed by atoms with E-state index in [1.54, 1.807) is 6.07 Å². The van der Waals surface area contributed by atoms with Crippen LogP contribution in [0.25, 0.3) is 0 Å². The Labute approximate surface area is 190 Å². The number of hydrogen-bond donors (Lipinski definition) is 4. The van der Waals surface area contributed by atoms with Crippen LogP contribution in [0.4, 0.5) is 14.6 Å². The van der Waals surface area contributed by atoms with Crippen molar-refractivity contribution in [2.75, 3.05) is 11.9 Å². The molecule has 4 N–H and O–H groups in total. The first kappa shape index (κ1) is 24.1. The maximum Gasteiger partial charge on any atom is 0.253 e. The summed E-state index contributed by atoms with van der Waals surface area (Å²) in [6, 6.07) is 14.2. The van der Waals surface area contributed by atoms with E-state index in [4.69, 9.17) is 0 Å². The monoisotopic (exact) mass is 456 g/mol. The Hall–Kier alpha value is -3.59. The van der Waals surface area contributed by atoms with Crippen LogP contribution in [0.3, 0.4) is 0 Å². The van der Waals surface area contributed by atoms with Gasteiger partial charge >= 0.3 is 0 Å². The molecule has 0 aliphatic rings. The Bertz CT molecular complexity index is 1100. The van der Waals surface area contributed by atoms with E-state index >= 15 is 0 Å². The highest BCUT2D eigenvalue weighted by Gasteiger charge is 2.25. The quantitative estimate of drug-likeness (QED) is 0.396. The van der Waals surface area contributed by atoms with Crippen molar-refractivity contribution in [1.82, 2.24) is 15.5 Å². The maximum absolute atomic E-state index is 13.3. The summed E-state index contributed by atoms with van der Waals surface area (Å²) in [5, 5.41) is 22.1. The van der Waals surface area contributed by atoms with Gasteiger partial charge in [-0.05, 0) is 29.7 Å². The Morgan fingerprint density at radius 3 is 2.42 bits per heavy atom. The van der Waals surface area contributed by atoms with Crippen LogP contribution in [0.5, 0.6) is 0 Å². The number of rotatable bonds is 9. The molecule has 2 aromatic carbocycles. The molecule has 0 saturated heterocycles. The molecule has 7 nitrogen and oxygen atoms in total. The normalized spacial score (nSPS) is 12.3.